The zero-order valence-electron chi connectivity index (χ0n) is 19.3. The lowest BCUT2D eigenvalue weighted by molar-refractivity contribution is 0.0995. The third kappa shape index (κ3) is 4.27. The lowest BCUT2D eigenvalue weighted by Gasteiger charge is -2.12. The number of aryl methyl sites for hydroxylation is 1. The second kappa shape index (κ2) is 9.20. The Hall–Kier alpha value is -4.63. The van der Waals surface area contributed by atoms with Gasteiger partial charge in [-0.2, -0.15) is 5.10 Å². The number of carbonyl (C=O) groups is 2. The number of benzene rings is 3. The molecule has 0 saturated carbocycles. The smallest absolute Gasteiger partial charge is 0.256 e. The summed E-state index contributed by atoms with van der Waals surface area (Å²) in [7, 11) is 3.23. The normalized spacial score (nSPS) is 11.0. The van der Waals surface area contributed by atoms with Crippen LogP contribution in [0.4, 0.5) is 5.82 Å². The predicted octanol–water partition coefficient (Wildman–Crippen LogP) is 4.93. The first-order valence-corrected chi connectivity index (χ1v) is 11.2. The maximum Gasteiger partial charge on any atom is 0.256 e. The standard InChI is InChI=1S/C26H20ClN5O4/c1-32-21-11-16(6-7-17(21)25(31-32)30-26(34)14-4-3-5-15(27)10-14)36-22-8-9-29-20-13-23(35-2)19(24(28)33)12-18(20)22/h3-13H,1-2H3,(H2,28,33)(H,30,31,34). The van der Waals surface area contributed by atoms with E-state index in [0.29, 0.717) is 44.6 Å². The summed E-state index contributed by atoms with van der Waals surface area (Å²) < 4.78 is 13.1. The molecular weight excluding hydrogens is 482 g/mol. The van der Waals surface area contributed by atoms with Crippen LogP contribution in [0.2, 0.25) is 5.02 Å². The van der Waals surface area contributed by atoms with Crippen LogP contribution < -0.4 is 20.5 Å². The number of pyridine rings is 1. The molecule has 0 aliphatic rings. The average molecular weight is 502 g/mol. The summed E-state index contributed by atoms with van der Waals surface area (Å²) in [6.07, 6.45) is 1.60. The summed E-state index contributed by atoms with van der Waals surface area (Å²) >= 11 is 6.00. The van der Waals surface area contributed by atoms with Gasteiger partial charge in [-0.05, 0) is 42.5 Å². The number of nitrogens with one attached hydrogen (secondary N) is 1. The van der Waals surface area contributed by atoms with E-state index >= 15 is 0 Å². The molecule has 0 radical (unpaired) electrons. The largest absolute Gasteiger partial charge is 0.496 e. The molecule has 2 amide bonds. The van der Waals surface area contributed by atoms with Gasteiger partial charge in [0.2, 0.25) is 0 Å². The van der Waals surface area contributed by atoms with E-state index in [2.05, 4.69) is 15.4 Å². The molecule has 0 atom stereocenters. The van der Waals surface area contributed by atoms with E-state index in [1.165, 1.54) is 7.11 Å². The van der Waals surface area contributed by atoms with Crippen molar-refractivity contribution in [1.82, 2.24) is 14.8 Å². The van der Waals surface area contributed by atoms with Crippen LogP contribution in [0.25, 0.3) is 21.8 Å². The first-order valence-electron chi connectivity index (χ1n) is 10.8. The fourth-order valence-electron chi connectivity index (χ4n) is 3.93. The first-order chi connectivity index (χ1) is 17.3. The molecule has 9 nitrogen and oxygen atoms in total. The second-order valence-electron chi connectivity index (χ2n) is 7.96. The lowest BCUT2D eigenvalue weighted by Crippen LogP contribution is -2.12. The van der Waals surface area contributed by atoms with Crippen LogP contribution in [-0.4, -0.2) is 33.7 Å². The number of carbonyl (C=O) groups excluding carboxylic acids is 2. The highest BCUT2D eigenvalue weighted by Crippen LogP contribution is 2.35. The number of fused-ring (bicyclic) bond motifs is 2. The monoisotopic (exact) mass is 501 g/mol. The van der Waals surface area contributed by atoms with E-state index in [1.807, 2.05) is 12.1 Å². The number of ether oxygens (including phenoxy) is 2. The minimum atomic E-state index is -0.618. The molecule has 0 bridgehead atoms. The number of halogens is 1. The highest BCUT2D eigenvalue weighted by Gasteiger charge is 2.17. The van der Waals surface area contributed by atoms with Gasteiger partial charge in [0.25, 0.3) is 11.8 Å². The van der Waals surface area contributed by atoms with Crippen molar-refractivity contribution in [3.05, 3.63) is 83.0 Å². The van der Waals surface area contributed by atoms with Gasteiger partial charge in [-0.3, -0.25) is 19.3 Å². The van der Waals surface area contributed by atoms with Gasteiger partial charge in [0.05, 0.1) is 23.7 Å². The molecule has 5 aromatic rings. The molecule has 0 saturated heterocycles. The highest BCUT2D eigenvalue weighted by atomic mass is 35.5. The Balaban J connectivity index is 1.48. The SMILES string of the molecule is COc1cc2nccc(Oc3ccc4c(NC(=O)c5cccc(Cl)c5)nn(C)c4c3)c2cc1C(N)=O. The van der Waals surface area contributed by atoms with Crippen LogP contribution in [0.5, 0.6) is 17.2 Å². The van der Waals surface area contributed by atoms with Gasteiger partial charge in [0, 0.05) is 46.7 Å². The Labute approximate surface area is 210 Å². The quantitative estimate of drug-likeness (QED) is 0.340. The van der Waals surface area contributed by atoms with E-state index in [4.69, 9.17) is 26.8 Å². The second-order valence-corrected chi connectivity index (χ2v) is 8.40. The molecule has 2 aromatic heterocycles. The van der Waals surface area contributed by atoms with Crippen molar-refractivity contribution >= 4 is 51.0 Å². The highest BCUT2D eigenvalue weighted by molar-refractivity contribution is 6.31. The molecular formula is C26H20ClN5O4. The van der Waals surface area contributed by atoms with Crippen molar-refractivity contribution in [3.63, 3.8) is 0 Å². The number of hydrogen-bond acceptors (Lipinski definition) is 6. The molecule has 3 N–H and O–H groups in total. The topological polar surface area (TPSA) is 121 Å². The van der Waals surface area contributed by atoms with E-state index in [1.54, 1.807) is 66.5 Å². The molecule has 2 heterocycles. The molecule has 36 heavy (non-hydrogen) atoms. The summed E-state index contributed by atoms with van der Waals surface area (Å²) in [5, 5.41) is 9.10. The fourth-order valence-corrected chi connectivity index (χ4v) is 4.12. The maximum absolute atomic E-state index is 12.7. The van der Waals surface area contributed by atoms with Crippen molar-refractivity contribution in [1.29, 1.82) is 0 Å². The van der Waals surface area contributed by atoms with Crippen molar-refractivity contribution in [2.75, 3.05) is 12.4 Å². The van der Waals surface area contributed by atoms with Crippen LogP contribution in [-0.2, 0) is 7.05 Å². The Bertz CT molecular complexity index is 1660. The number of nitrogens with two attached hydrogens (primary N) is 1. The summed E-state index contributed by atoms with van der Waals surface area (Å²) in [6.45, 7) is 0. The van der Waals surface area contributed by atoms with E-state index in [9.17, 15) is 9.59 Å². The van der Waals surface area contributed by atoms with E-state index in [-0.39, 0.29) is 11.5 Å². The summed E-state index contributed by atoms with van der Waals surface area (Å²) in [5.41, 5.74) is 7.50. The molecule has 0 aliphatic carbocycles. The van der Waals surface area contributed by atoms with E-state index < -0.39 is 5.91 Å². The van der Waals surface area contributed by atoms with Crippen LogP contribution in [0.3, 0.4) is 0 Å². The molecule has 0 spiro atoms. The number of hydrogen-bond donors (Lipinski definition) is 2. The molecule has 0 aliphatic heterocycles. The molecule has 10 heteroatoms. The molecule has 3 aromatic carbocycles. The average Bonchev–Trinajstić information content (AvgIpc) is 3.17. The van der Waals surface area contributed by atoms with Crippen molar-refractivity contribution < 1.29 is 19.1 Å². The Morgan fingerprint density at radius 1 is 1.03 bits per heavy atom. The Morgan fingerprint density at radius 3 is 2.61 bits per heavy atom. The van der Waals surface area contributed by atoms with Gasteiger partial charge >= 0.3 is 0 Å². The van der Waals surface area contributed by atoms with Gasteiger partial charge in [-0.1, -0.05) is 17.7 Å². The Morgan fingerprint density at radius 2 is 1.86 bits per heavy atom. The summed E-state index contributed by atoms with van der Waals surface area (Å²) in [5.74, 6) is 0.831. The number of amides is 2. The van der Waals surface area contributed by atoms with Crippen molar-refractivity contribution in [3.8, 4) is 17.2 Å². The van der Waals surface area contributed by atoms with Crippen LogP contribution in [0.15, 0.2) is 66.9 Å². The maximum atomic E-state index is 12.7. The zero-order chi connectivity index (χ0) is 25.4. The first kappa shape index (κ1) is 23.1. The van der Waals surface area contributed by atoms with Crippen LogP contribution in [0, 0.1) is 0 Å². The number of rotatable bonds is 6. The number of anilines is 1. The molecule has 0 unspecified atom stereocenters. The molecule has 0 fully saturated rings. The zero-order valence-corrected chi connectivity index (χ0v) is 20.0. The summed E-state index contributed by atoms with van der Waals surface area (Å²) in [6, 6.07) is 17.0. The number of methoxy groups -OCH3 is 1. The predicted molar refractivity (Wildman–Crippen MR) is 137 cm³/mol. The van der Waals surface area contributed by atoms with Gasteiger partial charge < -0.3 is 20.5 Å². The number of aromatic nitrogens is 3. The van der Waals surface area contributed by atoms with Gasteiger partial charge in [-0.25, -0.2) is 0 Å². The molecule has 5 rings (SSSR count). The van der Waals surface area contributed by atoms with Gasteiger partial charge in [0.1, 0.15) is 17.2 Å². The Kier molecular flexibility index (Phi) is 5.91. The van der Waals surface area contributed by atoms with E-state index in [0.717, 1.165) is 10.9 Å². The van der Waals surface area contributed by atoms with Gasteiger partial charge in [-0.15, -0.1) is 0 Å². The van der Waals surface area contributed by atoms with Crippen LogP contribution >= 0.6 is 11.6 Å². The van der Waals surface area contributed by atoms with Crippen molar-refractivity contribution in [2.24, 2.45) is 12.8 Å². The fraction of sp³-hybridized carbons (Fsp3) is 0.0769. The summed E-state index contributed by atoms with van der Waals surface area (Å²) in [4.78, 5) is 28.9. The minimum absolute atomic E-state index is 0.227. The third-order valence-corrected chi connectivity index (χ3v) is 5.89. The minimum Gasteiger partial charge on any atom is -0.496 e. The van der Waals surface area contributed by atoms with Crippen LogP contribution in [0.1, 0.15) is 20.7 Å². The number of nitrogens with zero attached hydrogens (tertiary/aromatic N) is 3. The number of primary amides is 1. The third-order valence-electron chi connectivity index (χ3n) is 5.66. The van der Waals surface area contributed by atoms with Gasteiger partial charge in [0.15, 0.2) is 5.82 Å². The molecule has 180 valence electrons. The van der Waals surface area contributed by atoms with Crippen molar-refractivity contribution in [2.45, 2.75) is 0 Å². The lowest BCUT2D eigenvalue weighted by atomic mass is 10.1.